The van der Waals surface area contributed by atoms with Gasteiger partial charge >= 0.3 is 0 Å². The standard InChI is InChI=1S/C16H24N4O/c1-3-5-14(16(21)20-15-10-18-11-19-15)8-13-6-4-7-17-9-12(13)2/h3,10-11,14,17H,1,4-9H2,2H3,(H,18,19)(H,20,21). The fourth-order valence-electron chi connectivity index (χ4n) is 2.66. The summed E-state index contributed by atoms with van der Waals surface area (Å²) in [6.07, 6.45) is 8.75. The number of aromatic amines is 1. The lowest BCUT2D eigenvalue weighted by atomic mass is 9.90. The average Bonchev–Trinajstić information content (AvgIpc) is 2.89. The third-order valence-electron chi connectivity index (χ3n) is 3.89. The molecule has 1 atom stereocenters. The van der Waals surface area contributed by atoms with Crippen LogP contribution in [0.5, 0.6) is 0 Å². The van der Waals surface area contributed by atoms with E-state index in [0.29, 0.717) is 12.2 Å². The van der Waals surface area contributed by atoms with Crippen LogP contribution < -0.4 is 10.6 Å². The van der Waals surface area contributed by atoms with Gasteiger partial charge in [0, 0.05) is 18.7 Å². The first kappa shape index (κ1) is 15.5. The van der Waals surface area contributed by atoms with Gasteiger partial charge in [0.25, 0.3) is 0 Å². The van der Waals surface area contributed by atoms with Gasteiger partial charge in [-0.2, -0.15) is 0 Å². The van der Waals surface area contributed by atoms with Gasteiger partial charge in [0.05, 0.1) is 6.33 Å². The molecule has 2 rings (SSSR count). The van der Waals surface area contributed by atoms with Gasteiger partial charge in [0.15, 0.2) is 5.82 Å². The molecular weight excluding hydrogens is 264 g/mol. The van der Waals surface area contributed by atoms with Crippen molar-refractivity contribution < 1.29 is 4.79 Å². The van der Waals surface area contributed by atoms with Gasteiger partial charge in [0.1, 0.15) is 0 Å². The summed E-state index contributed by atoms with van der Waals surface area (Å²) in [4.78, 5) is 19.3. The molecule has 1 aromatic rings. The molecule has 3 N–H and O–H groups in total. The summed E-state index contributed by atoms with van der Waals surface area (Å²) < 4.78 is 0. The molecule has 0 fully saturated rings. The van der Waals surface area contributed by atoms with Gasteiger partial charge in [-0.15, -0.1) is 6.58 Å². The summed E-state index contributed by atoms with van der Waals surface area (Å²) in [6, 6.07) is 0. The molecule has 5 heteroatoms. The van der Waals surface area contributed by atoms with Crippen LogP contribution in [0.25, 0.3) is 0 Å². The fourth-order valence-corrected chi connectivity index (χ4v) is 2.66. The van der Waals surface area contributed by atoms with Gasteiger partial charge in [-0.1, -0.05) is 17.2 Å². The van der Waals surface area contributed by atoms with E-state index in [0.717, 1.165) is 32.4 Å². The first-order chi connectivity index (χ1) is 10.2. The third-order valence-corrected chi connectivity index (χ3v) is 3.89. The summed E-state index contributed by atoms with van der Waals surface area (Å²) >= 11 is 0. The topological polar surface area (TPSA) is 69.8 Å². The molecule has 21 heavy (non-hydrogen) atoms. The molecule has 5 nitrogen and oxygen atoms in total. The van der Waals surface area contributed by atoms with Gasteiger partial charge in [-0.3, -0.25) is 4.79 Å². The van der Waals surface area contributed by atoms with E-state index < -0.39 is 0 Å². The number of hydrogen-bond acceptors (Lipinski definition) is 3. The zero-order chi connectivity index (χ0) is 15.1. The van der Waals surface area contributed by atoms with E-state index in [-0.39, 0.29) is 11.8 Å². The number of imidazole rings is 1. The Morgan fingerprint density at radius 2 is 2.48 bits per heavy atom. The Balaban J connectivity index is 2.03. The molecule has 114 valence electrons. The maximum atomic E-state index is 12.4. The van der Waals surface area contributed by atoms with Crippen LogP contribution in [-0.2, 0) is 4.79 Å². The molecule has 0 spiro atoms. The van der Waals surface area contributed by atoms with E-state index in [2.05, 4.69) is 34.1 Å². The predicted molar refractivity (Wildman–Crippen MR) is 84.9 cm³/mol. The molecule has 1 aliphatic heterocycles. The quantitative estimate of drug-likeness (QED) is 0.705. The SMILES string of the molecule is C=CCC(CC1=C(C)CNCCC1)C(=O)Nc1c[nH]cn1. The number of nitrogens with zero attached hydrogens (tertiary/aromatic N) is 1. The molecule has 0 bridgehead atoms. The van der Waals surface area contributed by atoms with Gasteiger partial charge in [-0.25, -0.2) is 4.98 Å². The molecule has 0 saturated heterocycles. The molecule has 1 aromatic heterocycles. The van der Waals surface area contributed by atoms with Crippen LogP contribution in [0, 0.1) is 5.92 Å². The Morgan fingerprint density at radius 3 is 3.19 bits per heavy atom. The van der Waals surface area contributed by atoms with Crippen molar-refractivity contribution in [2.24, 2.45) is 5.92 Å². The second-order valence-corrected chi connectivity index (χ2v) is 5.53. The summed E-state index contributed by atoms with van der Waals surface area (Å²) in [5.74, 6) is 0.504. The number of anilines is 1. The van der Waals surface area contributed by atoms with Crippen molar-refractivity contribution in [1.29, 1.82) is 0 Å². The van der Waals surface area contributed by atoms with Gasteiger partial charge in [0.2, 0.25) is 5.91 Å². The highest BCUT2D eigenvalue weighted by Gasteiger charge is 2.21. The Labute approximate surface area is 125 Å². The van der Waals surface area contributed by atoms with Gasteiger partial charge in [-0.05, 0) is 39.2 Å². The zero-order valence-electron chi connectivity index (χ0n) is 12.6. The lowest BCUT2D eigenvalue weighted by Crippen LogP contribution is -2.23. The number of hydrogen-bond donors (Lipinski definition) is 3. The Morgan fingerprint density at radius 1 is 1.62 bits per heavy atom. The minimum Gasteiger partial charge on any atom is -0.349 e. The number of aromatic nitrogens is 2. The number of H-pyrrole nitrogens is 1. The molecule has 1 aliphatic rings. The van der Waals surface area contributed by atoms with Crippen LogP contribution in [0.3, 0.4) is 0 Å². The molecule has 1 unspecified atom stereocenters. The number of amides is 1. The largest absolute Gasteiger partial charge is 0.349 e. The Bertz CT molecular complexity index is 504. The lowest BCUT2D eigenvalue weighted by Gasteiger charge is -2.17. The summed E-state index contributed by atoms with van der Waals surface area (Å²) in [7, 11) is 0. The van der Waals surface area contributed by atoms with Crippen molar-refractivity contribution >= 4 is 11.7 Å². The van der Waals surface area contributed by atoms with E-state index in [1.807, 2.05) is 6.08 Å². The van der Waals surface area contributed by atoms with Crippen LogP contribution in [-0.4, -0.2) is 29.0 Å². The van der Waals surface area contributed by atoms with Crippen LogP contribution in [0.4, 0.5) is 5.82 Å². The molecule has 1 amide bonds. The van der Waals surface area contributed by atoms with Crippen molar-refractivity contribution in [2.75, 3.05) is 18.4 Å². The third kappa shape index (κ3) is 4.56. The lowest BCUT2D eigenvalue weighted by molar-refractivity contribution is -0.119. The molecule has 0 aromatic carbocycles. The number of carbonyl (C=O) groups is 1. The molecule has 0 saturated carbocycles. The highest BCUT2D eigenvalue weighted by molar-refractivity contribution is 5.91. The minimum atomic E-state index is -0.0813. The van der Waals surface area contributed by atoms with Crippen molar-refractivity contribution in [3.05, 3.63) is 36.3 Å². The van der Waals surface area contributed by atoms with Crippen molar-refractivity contribution in [1.82, 2.24) is 15.3 Å². The van der Waals surface area contributed by atoms with E-state index >= 15 is 0 Å². The normalized spacial score (nSPS) is 17.2. The first-order valence-electron chi connectivity index (χ1n) is 7.49. The van der Waals surface area contributed by atoms with Crippen LogP contribution in [0.1, 0.15) is 32.6 Å². The minimum absolute atomic E-state index is 0.0134. The van der Waals surface area contributed by atoms with Crippen molar-refractivity contribution in [3.8, 4) is 0 Å². The number of carbonyl (C=O) groups excluding carboxylic acids is 1. The highest BCUT2D eigenvalue weighted by Crippen LogP contribution is 2.25. The predicted octanol–water partition coefficient (Wildman–Crippen LogP) is 2.63. The molecule has 0 aliphatic carbocycles. The fraction of sp³-hybridized carbons (Fsp3) is 0.500. The molecule has 0 radical (unpaired) electrons. The Kier molecular flexibility index (Phi) is 5.75. The van der Waals surface area contributed by atoms with Crippen LogP contribution >= 0.6 is 0 Å². The summed E-state index contributed by atoms with van der Waals surface area (Å²) in [5, 5.41) is 6.26. The van der Waals surface area contributed by atoms with Crippen LogP contribution in [0.2, 0.25) is 0 Å². The molecular formula is C16H24N4O. The van der Waals surface area contributed by atoms with E-state index in [4.69, 9.17) is 0 Å². The zero-order valence-corrected chi connectivity index (χ0v) is 12.6. The highest BCUT2D eigenvalue weighted by atomic mass is 16.1. The first-order valence-corrected chi connectivity index (χ1v) is 7.49. The summed E-state index contributed by atoms with van der Waals surface area (Å²) in [5.41, 5.74) is 2.78. The van der Waals surface area contributed by atoms with Crippen molar-refractivity contribution in [3.63, 3.8) is 0 Å². The van der Waals surface area contributed by atoms with E-state index in [9.17, 15) is 4.79 Å². The van der Waals surface area contributed by atoms with E-state index in [1.54, 1.807) is 12.5 Å². The summed E-state index contributed by atoms with van der Waals surface area (Å²) in [6.45, 7) is 7.91. The monoisotopic (exact) mass is 288 g/mol. The molecule has 2 heterocycles. The number of rotatable bonds is 6. The number of allylic oxidation sites excluding steroid dienone is 2. The second kappa shape index (κ2) is 7.78. The smallest absolute Gasteiger partial charge is 0.229 e. The number of nitrogens with one attached hydrogen (secondary N) is 3. The maximum Gasteiger partial charge on any atom is 0.229 e. The van der Waals surface area contributed by atoms with E-state index in [1.165, 1.54) is 11.1 Å². The average molecular weight is 288 g/mol. The second-order valence-electron chi connectivity index (χ2n) is 5.53. The Hall–Kier alpha value is -1.88. The van der Waals surface area contributed by atoms with Crippen LogP contribution in [0.15, 0.2) is 36.3 Å². The maximum absolute atomic E-state index is 12.4. The van der Waals surface area contributed by atoms with Crippen molar-refractivity contribution in [2.45, 2.75) is 32.6 Å². The van der Waals surface area contributed by atoms with Gasteiger partial charge < -0.3 is 15.6 Å².